The van der Waals surface area contributed by atoms with Gasteiger partial charge in [0.2, 0.25) is 11.8 Å². The molecule has 38 heavy (non-hydrogen) atoms. The Hall–Kier alpha value is -3.31. The van der Waals surface area contributed by atoms with Crippen molar-refractivity contribution in [2.75, 3.05) is 13.2 Å². The standard InChI is InChI=1S/C27H35N5O6/c1-6-11-30(14-31-18-10-8-7-9-17(18)28-29-31)24(35)22-27-12-16(4)26(5,38-27)21(25(36)37)20(27)23(34)32(22)19(13-33)15(2)3/h6-10,15-16,19-22,33H,1,11-14H2,2-5H3,(H,36,37)/t16?,19-,20-,21-,22?,26+,27?/m0/s1. The number of rotatable bonds is 9. The number of para-hydroxylation sites is 1. The van der Waals surface area contributed by atoms with Crippen molar-refractivity contribution in [1.82, 2.24) is 24.8 Å². The van der Waals surface area contributed by atoms with Crippen LogP contribution < -0.4 is 0 Å². The molecular weight excluding hydrogens is 490 g/mol. The van der Waals surface area contributed by atoms with Crippen LogP contribution in [0.2, 0.25) is 0 Å². The van der Waals surface area contributed by atoms with E-state index in [0.717, 1.165) is 5.52 Å². The second kappa shape index (κ2) is 9.16. The molecule has 2 amide bonds. The minimum atomic E-state index is -1.32. The van der Waals surface area contributed by atoms with Crippen molar-refractivity contribution in [1.29, 1.82) is 0 Å². The van der Waals surface area contributed by atoms with Gasteiger partial charge in [0, 0.05) is 6.54 Å². The maximum Gasteiger partial charge on any atom is 0.310 e. The van der Waals surface area contributed by atoms with E-state index >= 15 is 0 Å². The number of fused-ring (bicyclic) bond motifs is 2. The maximum atomic E-state index is 14.5. The lowest BCUT2D eigenvalue weighted by Gasteiger charge is -2.40. The van der Waals surface area contributed by atoms with E-state index in [1.807, 2.05) is 45.0 Å². The zero-order chi connectivity index (χ0) is 27.6. The number of carboxylic acid groups (broad SMARTS) is 1. The SMILES string of the molecule is C=CCN(Cn1nnc2ccccc21)C(=O)C1N([C@@H](CO)C(C)C)C(=O)[C@@H]2[C@@H](C(=O)O)[C@]3(C)OC12CC3C. The van der Waals surface area contributed by atoms with E-state index in [0.29, 0.717) is 11.9 Å². The van der Waals surface area contributed by atoms with Gasteiger partial charge < -0.3 is 24.7 Å². The summed E-state index contributed by atoms with van der Waals surface area (Å²) in [7, 11) is 0. The molecule has 3 aliphatic heterocycles. The van der Waals surface area contributed by atoms with Crippen molar-refractivity contribution in [2.24, 2.45) is 23.7 Å². The average molecular weight is 526 g/mol. The van der Waals surface area contributed by atoms with E-state index in [4.69, 9.17) is 4.74 Å². The summed E-state index contributed by atoms with van der Waals surface area (Å²) in [5.41, 5.74) is -0.990. The number of carbonyl (C=O) groups excluding carboxylic acids is 2. The molecule has 204 valence electrons. The minimum absolute atomic E-state index is 0.0469. The predicted octanol–water partition coefficient (Wildman–Crippen LogP) is 1.52. The maximum absolute atomic E-state index is 14.5. The fraction of sp³-hybridized carbons (Fsp3) is 0.593. The topological polar surface area (TPSA) is 138 Å². The third-order valence-corrected chi connectivity index (χ3v) is 8.95. The summed E-state index contributed by atoms with van der Waals surface area (Å²) < 4.78 is 8.17. The molecule has 7 atom stereocenters. The Kier molecular flexibility index (Phi) is 6.34. The van der Waals surface area contributed by atoms with Gasteiger partial charge in [0.1, 0.15) is 29.7 Å². The fourth-order valence-electron chi connectivity index (χ4n) is 7.04. The first-order valence-corrected chi connectivity index (χ1v) is 13.1. The van der Waals surface area contributed by atoms with Gasteiger partial charge in [0.15, 0.2) is 0 Å². The minimum Gasteiger partial charge on any atom is -0.481 e. The smallest absolute Gasteiger partial charge is 0.310 e. The molecule has 11 nitrogen and oxygen atoms in total. The van der Waals surface area contributed by atoms with Gasteiger partial charge in [-0.05, 0) is 37.3 Å². The molecule has 3 aliphatic rings. The Labute approximate surface area is 221 Å². The van der Waals surface area contributed by atoms with E-state index < -0.39 is 52.9 Å². The Morgan fingerprint density at radius 3 is 2.68 bits per heavy atom. The highest BCUT2D eigenvalue weighted by molar-refractivity contribution is 5.98. The van der Waals surface area contributed by atoms with Gasteiger partial charge in [-0.15, -0.1) is 11.7 Å². The van der Waals surface area contributed by atoms with Gasteiger partial charge >= 0.3 is 5.97 Å². The lowest BCUT2D eigenvalue weighted by Crippen LogP contribution is -2.60. The largest absolute Gasteiger partial charge is 0.481 e. The van der Waals surface area contributed by atoms with Crippen molar-refractivity contribution >= 4 is 28.8 Å². The normalized spacial score (nSPS) is 32.7. The number of benzene rings is 1. The predicted molar refractivity (Wildman–Crippen MR) is 136 cm³/mol. The molecule has 0 radical (unpaired) electrons. The molecule has 1 aromatic heterocycles. The van der Waals surface area contributed by atoms with E-state index in [9.17, 15) is 24.6 Å². The number of ether oxygens (including phenoxy) is 1. The van der Waals surface area contributed by atoms with Gasteiger partial charge in [-0.3, -0.25) is 14.4 Å². The van der Waals surface area contributed by atoms with E-state index in [1.165, 1.54) is 9.80 Å². The Balaban J connectivity index is 1.61. The first-order chi connectivity index (χ1) is 18.0. The van der Waals surface area contributed by atoms with Gasteiger partial charge in [-0.2, -0.15) is 0 Å². The van der Waals surface area contributed by atoms with Crippen LogP contribution in [0.25, 0.3) is 11.0 Å². The van der Waals surface area contributed by atoms with Gasteiger partial charge in [-0.1, -0.05) is 44.2 Å². The molecule has 3 saturated heterocycles. The van der Waals surface area contributed by atoms with E-state index in [1.54, 1.807) is 17.7 Å². The van der Waals surface area contributed by atoms with Crippen LogP contribution in [0.15, 0.2) is 36.9 Å². The average Bonchev–Trinajstić information content (AvgIpc) is 3.53. The summed E-state index contributed by atoms with van der Waals surface area (Å²) in [6.07, 6.45) is 1.96. The molecule has 1 aromatic carbocycles. The van der Waals surface area contributed by atoms with E-state index in [-0.39, 0.29) is 31.7 Å². The molecular formula is C27H35N5O6. The Bertz CT molecular complexity index is 1290. The lowest BCUT2D eigenvalue weighted by molar-refractivity contribution is -0.161. The van der Waals surface area contributed by atoms with Crippen LogP contribution in [0, 0.1) is 23.7 Å². The summed E-state index contributed by atoms with van der Waals surface area (Å²) >= 11 is 0. The molecule has 5 rings (SSSR count). The van der Waals surface area contributed by atoms with Crippen molar-refractivity contribution in [3.05, 3.63) is 36.9 Å². The van der Waals surface area contributed by atoms with Crippen LogP contribution in [0.4, 0.5) is 0 Å². The number of aliphatic hydroxyl groups excluding tert-OH is 1. The molecule has 3 unspecified atom stereocenters. The molecule has 0 saturated carbocycles. The molecule has 2 N–H and O–H groups in total. The summed E-state index contributed by atoms with van der Waals surface area (Å²) in [6, 6.07) is 5.60. The molecule has 11 heteroatoms. The number of hydrogen-bond donors (Lipinski definition) is 2. The van der Waals surface area contributed by atoms with Crippen LogP contribution in [-0.2, 0) is 25.8 Å². The van der Waals surface area contributed by atoms with Crippen molar-refractivity contribution in [2.45, 2.75) is 64.1 Å². The van der Waals surface area contributed by atoms with Crippen molar-refractivity contribution in [3.8, 4) is 0 Å². The number of carbonyl (C=O) groups is 3. The fourth-order valence-corrected chi connectivity index (χ4v) is 7.04. The van der Waals surface area contributed by atoms with Crippen molar-refractivity contribution in [3.63, 3.8) is 0 Å². The summed E-state index contributed by atoms with van der Waals surface area (Å²) in [4.78, 5) is 44.1. The van der Waals surface area contributed by atoms with Gasteiger partial charge in [-0.25, -0.2) is 4.68 Å². The number of hydrogen-bond acceptors (Lipinski definition) is 7. The number of aliphatic hydroxyl groups is 1. The van der Waals surface area contributed by atoms with Crippen LogP contribution in [0.3, 0.4) is 0 Å². The lowest BCUT2D eigenvalue weighted by atomic mass is 9.62. The number of likely N-dealkylation sites (tertiary alicyclic amines) is 1. The van der Waals surface area contributed by atoms with Gasteiger partial charge in [0.05, 0.1) is 29.7 Å². The monoisotopic (exact) mass is 525 g/mol. The van der Waals surface area contributed by atoms with E-state index in [2.05, 4.69) is 16.9 Å². The zero-order valence-electron chi connectivity index (χ0n) is 22.1. The Morgan fingerprint density at radius 1 is 1.34 bits per heavy atom. The summed E-state index contributed by atoms with van der Waals surface area (Å²) in [5.74, 6) is -4.48. The summed E-state index contributed by atoms with van der Waals surface area (Å²) in [6.45, 7) is 11.0. The third kappa shape index (κ3) is 3.51. The van der Waals surface area contributed by atoms with Crippen LogP contribution in [0.1, 0.15) is 34.1 Å². The second-order valence-electron chi connectivity index (χ2n) is 11.4. The number of amides is 2. The zero-order valence-corrected chi connectivity index (χ0v) is 22.1. The highest BCUT2D eigenvalue weighted by Gasteiger charge is 2.80. The second-order valence-corrected chi connectivity index (χ2v) is 11.4. The summed E-state index contributed by atoms with van der Waals surface area (Å²) in [5, 5.41) is 29.0. The molecule has 0 aliphatic carbocycles. The first kappa shape index (κ1) is 26.3. The van der Waals surface area contributed by atoms with Crippen LogP contribution in [-0.4, -0.2) is 89.2 Å². The highest BCUT2D eigenvalue weighted by atomic mass is 16.5. The molecule has 2 bridgehead atoms. The molecule has 1 spiro atoms. The Morgan fingerprint density at radius 2 is 2.05 bits per heavy atom. The third-order valence-electron chi connectivity index (χ3n) is 8.95. The number of nitrogens with zero attached hydrogens (tertiary/aromatic N) is 5. The molecule has 3 fully saturated rings. The van der Waals surface area contributed by atoms with Gasteiger partial charge in [0.25, 0.3) is 0 Å². The first-order valence-electron chi connectivity index (χ1n) is 13.1. The number of aliphatic carboxylic acids is 1. The quantitative estimate of drug-likeness (QED) is 0.470. The number of aromatic nitrogens is 3. The van der Waals surface area contributed by atoms with Crippen LogP contribution in [0.5, 0.6) is 0 Å². The number of carboxylic acids is 1. The highest BCUT2D eigenvalue weighted by Crippen LogP contribution is 2.65. The van der Waals surface area contributed by atoms with Crippen LogP contribution >= 0.6 is 0 Å². The molecule has 4 heterocycles. The molecule has 2 aromatic rings. The van der Waals surface area contributed by atoms with Crippen molar-refractivity contribution < 1.29 is 29.3 Å².